The first-order valence-corrected chi connectivity index (χ1v) is 12.1. The minimum Gasteiger partial charge on any atom is -0.337 e. The quantitative estimate of drug-likeness (QED) is 0.537. The summed E-state index contributed by atoms with van der Waals surface area (Å²) in [5.74, 6) is 1.04. The monoisotopic (exact) mass is 480 g/mol. The number of hydrogen-bond donors (Lipinski definition) is 0. The van der Waals surface area contributed by atoms with Crippen molar-refractivity contribution in [2.24, 2.45) is 0 Å². The second kappa shape index (κ2) is 8.88. The highest BCUT2D eigenvalue weighted by Crippen LogP contribution is 2.32. The van der Waals surface area contributed by atoms with Gasteiger partial charge in [-0.3, -0.25) is 4.90 Å². The molecule has 2 aromatic carbocycles. The van der Waals surface area contributed by atoms with Gasteiger partial charge in [0.2, 0.25) is 21.7 Å². The van der Waals surface area contributed by atoms with Gasteiger partial charge in [-0.2, -0.15) is 9.29 Å². The van der Waals surface area contributed by atoms with E-state index in [1.54, 1.807) is 6.07 Å². The Bertz CT molecular complexity index is 1150. The van der Waals surface area contributed by atoms with E-state index in [4.69, 9.17) is 27.7 Å². The van der Waals surface area contributed by atoms with E-state index in [0.717, 1.165) is 11.1 Å². The number of piperazine rings is 1. The maximum atomic E-state index is 13.1. The van der Waals surface area contributed by atoms with Gasteiger partial charge in [0.15, 0.2) is 0 Å². The molecule has 31 heavy (non-hydrogen) atoms. The zero-order chi connectivity index (χ0) is 22.2. The Kier molecular flexibility index (Phi) is 6.37. The fourth-order valence-corrected chi connectivity index (χ4v) is 6.08. The van der Waals surface area contributed by atoms with Crippen LogP contribution < -0.4 is 0 Å². The molecule has 0 radical (unpaired) electrons. The van der Waals surface area contributed by atoms with Gasteiger partial charge in [-0.1, -0.05) is 64.3 Å². The van der Waals surface area contributed by atoms with Crippen molar-refractivity contribution in [3.8, 4) is 11.4 Å². The van der Waals surface area contributed by atoms with Crippen LogP contribution in [0.1, 0.15) is 24.4 Å². The van der Waals surface area contributed by atoms with Crippen LogP contribution in [0.25, 0.3) is 11.4 Å². The van der Waals surface area contributed by atoms with Gasteiger partial charge in [-0.25, -0.2) is 8.42 Å². The molecule has 2 heterocycles. The highest BCUT2D eigenvalue weighted by Gasteiger charge is 2.34. The van der Waals surface area contributed by atoms with E-state index < -0.39 is 10.0 Å². The molecule has 0 saturated carbocycles. The predicted molar refractivity (Wildman–Crippen MR) is 120 cm³/mol. The Hall–Kier alpha value is -1.97. The van der Waals surface area contributed by atoms with Gasteiger partial charge >= 0.3 is 0 Å². The molecular weight excluding hydrogens is 459 g/mol. The van der Waals surface area contributed by atoms with Crippen LogP contribution >= 0.6 is 23.2 Å². The summed E-state index contributed by atoms with van der Waals surface area (Å²) in [5, 5.41) is 4.34. The van der Waals surface area contributed by atoms with Crippen molar-refractivity contribution in [2.45, 2.75) is 24.8 Å². The number of rotatable bonds is 5. The van der Waals surface area contributed by atoms with Crippen LogP contribution in [-0.2, 0) is 10.0 Å². The third kappa shape index (κ3) is 4.49. The maximum absolute atomic E-state index is 13.1. The third-order valence-corrected chi connectivity index (χ3v) is 8.30. The zero-order valence-corrected chi connectivity index (χ0v) is 19.5. The molecule has 7 nitrogen and oxygen atoms in total. The summed E-state index contributed by atoms with van der Waals surface area (Å²) < 4.78 is 33.0. The molecular formula is C21H22Cl2N4O3S. The molecule has 1 fully saturated rings. The zero-order valence-electron chi connectivity index (χ0n) is 17.1. The van der Waals surface area contributed by atoms with Crippen LogP contribution in [-0.4, -0.2) is 53.9 Å². The average molecular weight is 481 g/mol. The number of sulfonamides is 1. The predicted octanol–water partition coefficient (Wildman–Crippen LogP) is 4.42. The standard InChI is InChI=1S/C21H22Cl2N4O3S/c1-14-6-8-16(9-7-14)20-24-21(30-25-20)15(2)26-10-12-27(13-11-26)31(28,29)19-17(22)4-3-5-18(19)23/h3-9,15H,10-13H2,1-2H3. The average Bonchev–Trinajstić information content (AvgIpc) is 3.24. The molecule has 1 atom stereocenters. The topological polar surface area (TPSA) is 79.5 Å². The van der Waals surface area contributed by atoms with Gasteiger partial charge in [-0.05, 0) is 26.0 Å². The Balaban J connectivity index is 1.45. The van der Waals surface area contributed by atoms with E-state index in [2.05, 4.69) is 15.0 Å². The van der Waals surface area contributed by atoms with Gasteiger partial charge in [0.25, 0.3) is 0 Å². The maximum Gasteiger partial charge on any atom is 0.246 e. The van der Waals surface area contributed by atoms with Crippen molar-refractivity contribution in [1.82, 2.24) is 19.3 Å². The summed E-state index contributed by atoms with van der Waals surface area (Å²) in [4.78, 5) is 6.61. The molecule has 1 unspecified atom stereocenters. The fraction of sp³-hybridized carbons (Fsp3) is 0.333. The fourth-order valence-electron chi connectivity index (χ4n) is 3.57. The van der Waals surface area contributed by atoms with Gasteiger partial charge in [0, 0.05) is 31.7 Å². The molecule has 0 aliphatic carbocycles. The molecule has 1 aliphatic rings. The number of nitrogens with zero attached hydrogens (tertiary/aromatic N) is 4. The molecule has 1 aliphatic heterocycles. The number of hydrogen-bond acceptors (Lipinski definition) is 6. The van der Waals surface area contributed by atoms with Crippen molar-refractivity contribution in [3.63, 3.8) is 0 Å². The number of halogens is 2. The van der Waals surface area contributed by atoms with E-state index in [9.17, 15) is 8.42 Å². The Labute approximate surface area is 191 Å². The molecule has 0 spiro atoms. The first-order chi connectivity index (χ1) is 14.8. The van der Waals surface area contributed by atoms with Gasteiger partial charge in [0.1, 0.15) is 4.90 Å². The van der Waals surface area contributed by atoms with Crippen molar-refractivity contribution in [2.75, 3.05) is 26.2 Å². The van der Waals surface area contributed by atoms with E-state index in [1.165, 1.54) is 16.4 Å². The molecule has 1 aromatic heterocycles. The van der Waals surface area contributed by atoms with Gasteiger partial charge in [0.05, 0.1) is 16.1 Å². The largest absolute Gasteiger partial charge is 0.337 e. The molecule has 0 amide bonds. The second-order valence-corrected chi connectivity index (χ2v) is 10.2. The lowest BCUT2D eigenvalue weighted by Gasteiger charge is -2.36. The summed E-state index contributed by atoms with van der Waals surface area (Å²) in [5.41, 5.74) is 2.05. The lowest BCUT2D eigenvalue weighted by molar-refractivity contribution is 0.124. The van der Waals surface area contributed by atoms with Crippen LogP contribution in [0, 0.1) is 6.92 Å². The highest BCUT2D eigenvalue weighted by molar-refractivity contribution is 7.89. The van der Waals surface area contributed by atoms with E-state index >= 15 is 0 Å². The van der Waals surface area contributed by atoms with Crippen molar-refractivity contribution in [1.29, 1.82) is 0 Å². The third-order valence-electron chi connectivity index (χ3n) is 5.45. The van der Waals surface area contributed by atoms with E-state index in [1.807, 2.05) is 38.1 Å². The Morgan fingerprint density at radius 3 is 2.23 bits per heavy atom. The minimum atomic E-state index is -3.78. The molecule has 10 heteroatoms. The van der Waals surface area contributed by atoms with Crippen molar-refractivity contribution in [3.05, 3.63) is 64.0 Å². The van der Waals surface area contributed by atoms with E-state index in [0.29, 0.717) is 37.9 Å². The number of benzene rings is 2. The number of aryl methyl sites for hydroxylation is 1. The summed E-state index contributed by atoms with van der Waals surface area (Å²) >= 11 is 12.3. The number of aromatic nitrogens is 2. The Morgan fingerprint density at radius 1 is 1.00 bits per heavy atom. The SMILES string of the molecule is Cc1ccc(-c2noc(C(C)N3CCN(S(=O)(=O)c4c(Cl)cccc4Cl)CC3)n2)cc1. The lowest BCUT2D eigenvalue weighted by Crippen LogP contribution is -2.49. The van der Waals surface area contributed by atoms with E-state index in [-0.39, 0.29) is 21.0 Å². The Morgan fingerprint density at radius 2 is 1.61 bits per heavy atom. The molecule has 0 N–H and O–H groups in total. The first-order valence-electron chi connectivity index (χ1n) is 9.86. The normalized spacial score (nSPS) is 17.0. The van der Waals surface area contributed by atoms with Gasteiger partial charge < -0.3 is 4.52 Å². The van der Waals surface area contributed by atoms with Crippen LogP contribution in [0.3, 0.4) is 0 Å². The molecule has 0 bridgehead atoms. The minimum absolute atomic E-state index is 0.0422. The molecule has 3 aromatic rings. The smallest absolute Gasteiger partial charge is 0.246 e. The van der Waals surface area contributed by atoms with Gasteiger partial charge in [-0.15, -0.1) is 0 Å². The van der Waals surface area contributed by atoms with Crippen LogP contribution in [0.4, 0.5) is 0 Å². The lowest BCUT2D eigenvalue weighted by atomic mass is 10.1. The van der Waals surface area contributed by atoms with Crippen molar-refractivity contribution >= 4 is 33.2 Å². The molecule has 164 valence electrons. The molecule has 1 saturated heterocycles. The second-order valence-electron chi connectivity index (χ2n) is 7.49. The summed E-state index contributed by atoms with van der Waals surface area (Å²) in [7, 11) is -3.78. The summed E-state index contributed by atoms with van der Waals surface area (Å²) in [6.07, 6.45) is 0. The van der Waals surface area contributed by atoms with Crippen LogP contribution in [0.15, 0.2) is 51.9 Å². The molecule has 4 rings (SSSR count). The highest BCUT2D eigenvalue weighted by atomic mass is 35.5. The van der Waals surface area contributed by atoms with Crippen LogP contribution in [0.5, 0.6) is 0 Å². The first kappa shape index (κ1) is 22.2. The van der Waals surface area contributed by atoms with Crippen molar-refractivity contribution < 1.29 is 12.9 Å². The summed E-state index contributed by atoms with van der Waals surface area (Å²) in [6.45, 7) is 5.66. The van der Waals surface area contributed by atoms with Crippen LogP contribution in [0.2, 0.25) is 10.0 Å². The summed E-state index contributed by atoms with van der Waals surface area (Å²) in [6, 6.07) is 12.5.